The summed E-state index contributed by atoms with van der Waals surface area (Å²) < 4.78 is 32.3. The molecule has 0 rings (SSSR count). The number of unbranched alkanes of at least 4 members (excludes halogenated alkanes) is 23. The second kappa shape index (κ2) is 37.0. The van der Waals surface area contributed by atoms with Gasteiger partial charge in [0.1, 0.15) is 12.7 Å². The third-order valence-electron chi connectivity index (χ3n) is 8.91. The van der Waals surface area contributed by atoms with E-state index in [9.17, 15) is 24.2 Å². The van der Waals surface area contributed by atoms with E-state index in [1.54, 1.807) is 0 Å². The number of carbonyl (C=O) groups is 2. The van der Waals surface area contributed by atoms with Gasteiger partial charge >= 0.3 is 11.9 Å². The van der Waals surface area contributed by atoms with Gasteiger partial charge in [-0.25, -0.2) is 0 Å². The first-order valence-electron chi connectivity index (χ1n) is 20.6. The quantitative estimate of drug-likeness (QED) is 0.0269. The van der Waals surface area contributed by atoms with E-state index in [1.165, 1.54) is 96.3 Å². The summed E-state index contributed by atoms with van der Waals surface area (Å²) in [6, 6.07) is 0. The number of allylic oxidation sites excluding steroid dienone is 2. The van der Waals surface area contributed by atoms with E-state index in [0.717, 1.165) is 57.8 Å². The molecule has 0 saturated heterocycles. The molecule has 0 aliphatic heterocycles. The molecule has 2 N–H and O–H groups in total. The maximum Gasteiger partial charge on any atom is 0.306 e. The van der Waals surface area contributed by atoms with Crippen molar-refractivity contribution in [3.8, 4) is 0 Å². The lowest BCUT2D eigenvalue weighted by Gasteiger charge is -2.26. The Hall–Kier alpha value is -1.29. The van der Waals surface area contributed by atoms with Crippen molar-refractivity contribution in [3.63, 3.8) is 0 Å². The van der Waals surface area contributed by atoms with E-state index in [1.807, 2.05) is 0 Å². The normalized spacial score (nSPS) is 14.1. The summed E-state index contributed by atoms with van der Waals surface area (Å²) in [6.07, 6.45) is 32.9. The molecule has 51 heavy (non-hydrogen) atoms. The molecule has 302 valence electrons. The number of rotatable bonds is 39. The predicted octanol–water partition coefficient (Wildman–Crippen LogP) is 9.81. The molecule has 0 heterocycles. The smallest absolute Gasteiger partial charge is 0.306 e. The number of phosphoric ester groups is 1. The van der Waals surface area contributed by atoms with Crippen LogP contribution in [0.25, 0.3) is 0 Å². The lowest BCUT2D eigenvalue weighted by atomic mass is 10.0. The first kappa shape index (κ1) is 49.7. The maximum atomic E-state index is 12.6. The molecule has 0 aliphatic carbocycles. The van der Waals surface area contributed by atoms with Gasteiger partial charge in [0, 0.05) is 12.8 Å². The summed E-state index contributed by atoms with van der Waals surface area (Å²) in [5.41, 5.74) is 0. The van der Waals surface area contributed by atoms with E-state index < -0.39 is 51.8 Å². The van der Waals surface area contributed by atoms with Crippen molar-refractivity contribution in [1.82, 2.24) is 0 Å². The number of esters is 2. The van der Waals surface area contributed by atoms with Crippen LogP contribution in [0.3, 0.4) is 0 Å². The maximum absolute atomic E-state index is 12.6. The minimum Gasteiger partial charge on any atom is -0.756 e. The molecule has 0 amide bonds. The predicted molar refractivity (Wildman–Crippen MR) is 203 cm³/mol. The molecule has 0 bridgehead atoms. The molecule has 0 aromatic heterocycles. The number of carbonyl (C=O) groups excluding carboxylic acids is 2. The third kappa shape index (κ3) is 36.8. The van der Waals surface area contributed by atoms with Crippen LogP contribution < -0.4 is 4.89 Å². The van der Waals surface area contributed by atoms with Crippen molar-refractivity contribution in [2.24, 2.45) is 0 Å². The fourth-order valence-electron chi connectivity index (χ4n) is 5.69. The summed E-state index contributed by atoms with van der Waals surface area (Å²) in [4.78, 5) is 37.0. The molecule has 0 aliphatic rings. The van der Waals surface area contributed by atoms with E-state index in [-0.39, 0.29) is 19.4 Å². The molecule has 10 nitrogen and oxygen atoms in total. The lowest BCUT2D eigenvalue weighted by molar-refractivity contribution is -0.230. The van der Waals surface area contributed by atoms with Gasteiger partial charge in [-0.05, 0) is 38.5 Å². The first-order chi connectivity index (χ1) is 24.7. The zero-order chi connectivity index (χ0) is 37.7. The monoisotopic (exact) mass is 748 g/mol. The lowest BCUT2D eigenvalue weighted by Crippen LogP contribution is -2.30. The summed E-state index contributed by atoms with van der Waals surface area (Å²) in [5.74, 6) is -0.963. The Bertz CT molecular complexity index is 868. The molecule has 3 unspecified atom stereocenters. The molecule has 11 heteroatoms. The Kier molecular flexibility index (Phi) is 36.1. The summed E-state index contributed by atoms with van der Waals surface area (Å²) in [5, 5.41) is 18.2. The van der Waals surface area contributed by atoms with Gasteiger partial charge in [0.2, 0.25) is 0 Å². The first-order valence-corrected chi connectivity index (χ1v) is 22.1. The Labute approximate surface area is 311 Å². The molecule has 0 saturated carbocycles. The molecule has 0 fully saturated rings. The van der Waals surface area contributed by atoms with Gasteiger partial charge in [0.05, 0.1) is 19.8 Å². The van der Waals surface area contributed by atoms with Crippen LogP contribution in [0.4, 0.5) is 0 Å². The zero-order valence-corrected chi connectivity index (χ0v) is 33.4. The highest BCUT2D eigenvalue weighted by molar-refractivity contribution is 7.45. The fraction of sp³-hybridized carbons (Fsp3) is 0.900. The Morgan fingerprint density at radius 3 is 1.43 bits per heavy atom. The SMILES string of the molecule is CCCCCCCCC=CCCCCCCCC(=O)OC(COC(=O)CCCCCCCCCCCCCCC)COP(=O)([O-])OCC(O)CO. The Balaban J connectivity index is 4.32. The average molecular weight is 748 g/mol. The number of aliphatic hydroxyl groups excluding tert-OH is 2. The van der Waals surface area contributed by atoms with Crippen LogP contribution >= 0.6 is 7.82 Å². The summed E-state index contributed by atoms with van der Waals surface area (Å²) >= 11 is 0. The van der Waals surface area contributed by atoms with Gasteiger partial charge in [0.25, 0.3) is 7.82 Å². The van der Waals surface area contributed by atoms with Crippen molar-refractivity contribution in [1.29, 1.82) is 0 Å². The van der Waals surface area contributed by atoms with Crippen LogP contribution in [0.1, 0.15) is 194 Å². The van der Waals surface area contributed by atoms with E-state index in [4.69, 9.17) is 19.1 Å². The van der Waals surface area contributed by atoms with Crippen molar-refractivity contribution in [3.05, 3.63) is 12.2 Å². The Morgan fingerprint density at radius 1 is 0.588 bits per heavy atom. The third-order valence-corrected chi connectivity index (χ3v) is 9.84. The number of ether oxygens (including phenoxy) is 2. The Morgan fingerprint density at radius 2 is 0.980 bits per heavy atom. The van der Waals surface area contributed by atoms with Gasteiger partial charge in [-0.3, -0.25) is 14.2 Å². The van der Waals surface area contributed by atoms with E-state index in [0.29, 0.717) is 12.8 Å². The zero-order valence-electron chi connectivity index (χ0n) is 32.5. The molecule has 0 aromatic rings. The average Bonchev–Trinajstić information content (AvgIpc) is 3.12. The van der Waals surface area contributed by atoms with E-state index in [2.05, 4.69) is 30.5 Å². The fourth-order valence-corrected chi connectivity index (χ4v) is 6.47. The van der Waals surface area contributed by atoms with Gasteiger partial charge in [-0.15, -0.1) is 0 Å². The van der Waals surface area contributed by atoms with Crippen molar-refractivity contribution >= 4 is 19.8 Å². The van der Waals surface area contributed by atoms with Crippen LogP contribution in [0.2, 0.25) is 0 Å². The highest BCUT2D eigenvalue weighted by Crippen LogP contribution is 2.38. The van der Waals surface area contributed by atoms with Gasteiger partial charge in [0.15, 0.2) is 6.10 Å². The van der Waals surface area contributed by atoms with Gasteiger partial charge in [-0.2, -0.15) is 0 Å². The summed E-state index contributed by atoms with van der Waals surface area (Å²) in [6.45, 7) is 2.19. The van der Waals surface area contributed by atoms with Crippen LogP contribution in [0.15, 0.2) is 12.2 Å². The minimum atomic E-state index is -4.86. The molecular formula is C40H76O10P-. The second-order valence-electron chi connectivity index (χ2n) is 14.0. The van der Waals surface area contributed by atoms with Crippen LogP contribution in [-0.2, 0) is 32.7 Å². The van der Waals surface area contributed by atoms with Crippen molar-refractivity contribution < 1.29 is 47.8 Å². The number of aliphatic hydroxyl groups is 2. The standard InChI is InChI=1S/C40H77O10P/c1-3-5-7-9-11-13-15-17-18-20-22-24-26-28-30-32-40(44)50-38(36-49-51(45,46)48-34-37(42)33-41)35-47-39(43)31-29-27-25-23-21-19-16-14-12-10-8-6-4-2/h17-18,37-38,41-42H,3-16,19-36H2,1-2H3,(H,45,46)/p-1. The number of hydrogen-bond acceptors (Lipinski definition) is 10. The number of phosphoric acid groups is 1. The van der Waals surface area contributed by atoms with Crippen LogP contribution in [0, 0.1) is 0 Å². The molecule has 3 atom stereocenters. The second-order valence-corrected chi connectivity index (χ2v) is 15.4. The molecule has 0 spiro atoms. The van der Waals surface area contributed by atoms with Gasteiger partial charge in [-0.1, -0.05) is 154 Å². The molecular weight excluding hydrogens is 671 g/mol. The highest BCUT2D eigenvalue weighted by Gasteiger charge is 2.21. The van der Waals surface area contributed by atoms with E-state index >= 15 is 0 Å². The summed E-state index contributed by atoms with van der Waals surface area (Å²) in [7, 11) is -4.86. The highest BCUT2D eigenvalue weighted by atomic mass is 31.2. The minimum absolute atomic E-state index is 0.162. The largest absolute Gasteiger partial charge is 0.756 e. The molecule has 0 aromatic carbocycles. The number of hydrogen-bond donors (Lipinski definition) is 2. The van der Waals surface area contributed by atoms with Crippen LogP contribution in [0.5, 0.6) is 0 Å². The molecule has 0 radical (unpaired) electrons. The van der Waals surface area contributed by atoms with Crippen molar-refractivity contribution in [2.75, 3.05) is 26.4 Å². The van der Waals surface area contributed by atoms with Crippen LogP contribution in [-0.4, -0.2) is 60.8 Å². The topological polar surface area (TPSA) is 152 Å². The van der Waals surface area contributed by atoms with Crippen molar-refractivity contribution in [2.45, 2.75) is 206 Å². The van der Waals surface area contributed by atoms with Gasteiger partial charge < -0.3 is 33.6 Å².